The van der Waals surface area contributed by atoms with Gasteiger partial charge in [0.05, 0.1) is 11.8 Å². The largest absolute Gasteiger partial charge is 0.472 e. The highest BCUT2D eigenvalue weighted by atomic mass is 16.3. The minimum atomic E-state index is -0.0885. The molecular weight excluding hydrogens is 268 g/mol. The summed E-state index contributed by atoms with van der Waals surface area (Å²) >= 11 is 0. The van der Waals surface area contributed by atoms with Crippen molar-refractivity contribution in [3.63, 3.8) is 0 Å². The van der Waals surface area contributed by atoms with Crippen molar-refractivity contribution in [2.24, 2.45) is 0 Å². The van der Waals surface area contributed by atoms with Gasteiger partial charge >= 0.3 is 0 Å². The fourth-order valence-corrected chi connectivity index (χ4v) is 1.97. The second-order valence-electron chi connectivity index (χ2n) is 5.39. The van der Waals surface area contributed by atoms with Gasteiger partial charge in [0, 0.05) is 25.0 Å². The number of hydrogen-bond donors (Lipinski definition) is 1. The Kier molecular flexibility index (Phi) is 6.99. The van der Waals surface area contributed by atoms with Crippen molar-refractivity contribution in [3.05, 3.63) is 24.2 Å². The molecule has 0 spiro atoms. The van der Waals surface area contributed by atoms with Crippen LogP contribution in [0.5, 0.6) is 0 Å². The minimum absolute atomic E-state index is 0.0161. The number of amides is 2. The summed E-state index contributed by atoms with van der Waals surface area (Å²) in [5.74, 6) is -0.105. The fourth-order valence-electron chi connectivity index (χ4n) is 1.97. The van der Waals surface area contributed by atoms with Gasteiger partial charge in [-0.25, -0.2) is 0 Å². The van der Waals surface area contributed by atoms with E-state index in [0.717, 1.165) is 12.8 Å². The predicted molar refractivity (Wildman–Crippen MR) is 82.0 cm³/mol. The van der Waals surface area contributed by atoms with E-state index in [1.165, 1.54) is 12.5 Å². The molecule has 0 aliphatic carbocycles. The van der Waals surface area contributed by atoms with E-state index in [1.807, 2.05) is 27.7 Å². The number of furan rings is 1. The quantitative estimate of drug-likeness (QED) is 0.802. The first-order valence-electron chi connectivity index (χ1n) is 7.62. The van der Waals surface area contributed by atoms with Gasteiger partial charge in [-0.1, -0.05) is 13.8 Å². The van der Waals surface area contributed by atoms with Crippen LogP contribution in [0.15, 0.2) is 23.0 Å². The molecule has 1 aromatic rings. The highest BCUT2D eigenvalue weighted by Gasteiger charge is 2.22. The SMILES string of the molecule is CCC(C)NC(=O)CCN(C(=O)c1ccoc1)C(C)CC. The molecule has 1 N–H and O–H groups in total. The molecule has 5 nitrogen and oxygen atoms in total. The molecule has 0 aromatic carbocycles. The minimum Gasteiger partial charge on any atom is -0.472 e. The number of carbonyl (C=O) groups is 2. The van der Waals surface area contributed by atoms with E-state index in [4.69, 9.17) is 4.42 Å². The lowest BCUT2D eigenvalue weighted by Gasteiger charge is -2.28. The summed E-state index contributed by atoms with van der Waals surface area (Å²) in [5, 5.41) is 2.92. The van der Waals surface area contributed by atoms with Crippen molar-refractivity contribution in [2.75, 3.05) is 6.54 Å². The number of carbonyl (C=O) groups excluding carboxylic acids is 2. The van der Waals surface area contributed by atoms with Crippen LogP contribution in [0.4, 0.5) is 0 Å². The molecule has 2 amide bonds. The molecule has 1 heterocycles. The second-order valence-corrected chi connectivity index (χ2v) is 5.39. The Bertz CT molecular complexity index is 442. The van der Waals surface area contributed by atoms with Gasteiger partial charge in [-0.3, -0.25) is 9.59 Å². The van der Waals surface area contributed by atoms with E-state index in [9.17, 15) is 9.59 Å². The average Bonchev–Trinajstić information content (AvgIpc) is 3.00. The molecule has 21 heavy (non-hydrogen) atoms. The molecule has 0 aliphatic rings. The van der Waals surface area contributed by atoms with E-state index in [2.05, 4.69) is 5.32 Å². The third-order valence-corrected chi connectivity index (χ3v) is 3.75. The van der Waals surface area contributed by atoms with E-state index in [0.29, 0.717) is 18.5 Å². The molecule has 5 heteroatoms. The molecule has 0 saturated heterocycles. The van der Waals surface area contributed by atoms with Crippen LogP contribution in [0.25, 0.3) is 0 Å². The highest BCUT2D eigenvalue weighted by Crippen LogP contribution is 2.12. The lowest BCUT2D eigenvalue weighted by molar-refractivity contribution is -0.121. The van der Waals surface area contributed by atoms with Gasteiger partial charge in [-0.2, -0.15) is 0 Å². The first-order chi connectivity index (χ1) is 9.99. The Balaban J connectivity index is 2.63. The molecule has 0 bridgehead atoms. The van der Waals surface area contributed by atoms with Crippen LogP contribution in [0.3, 0.4) is 0 Å². The first kappa shape index (κ1) is 17.3. The zero-order valence-corrected chi connectivity index (χ0v) is 13.4. The van der Waals surface area contributed by atoms with Crippen molar-refractivity contribution in [2.45, 2.75) is 59.0 Å². The monoisotopic (exact) mass is 294 g/mol. The van der Waals surface area contributed by atoms with Crippen molar-refractivity contribution >= 4 is 11.8 Å². The topological polar surface area (TPSA) is 62.6 Å². The normalized spacial score (nSPS) is 13.5. The Hall–Kier alpha value is -1.78. The molecule has 1 aromatic heterocycles. The summed E-state index contributed by atoms with van der Waals surface area (Å²) in [5.41, 5.74) is 0.526. The molecule has 0 radical (unpaired) electrons. The van der Waals surface area contributed by atoms with Crippen molar-refractivity contribution in [1.29, 1.82) is 0 Å². The van der Waals surface area contributed by atoms with E-state index in [-0.39, 0.29) is 23.9 Å². The van der Waals surface area contributed by atoms with Gasteiger partial charge in [-0.05, 0) is 32.8 Å². The van der Waals surface area contributed by atoms with Crippen LogP contribution in [-0.2, 0) is 4.79 Å². The van der Waals surface area contributed by atoms with E-state index >= 15 is 0 Å². The van der Waals surface area contributed by atoms with Gasteiger partial charge < -0.3 is 14.6 Å². The smallest absolute Gasteiger partial charge is 0.257 e. The fraction of sp³-hybridized carbons (Fsp3) is 0.625. The van der Waals surface area contributed by atoms with Crippen LogP contribution >= 0.6 is 0 Å². The van der Waals surface area contributed by atoms with Crippen LogP contribution in [-0.4, -0.2) is 35.3 Å². The summed E-state index contributed by atoms with van der Waals surface area (Å²) in [6.45, 7) is 8.44. The number of hydrogen-bond acceptors (Lipinski definition) is 3. The van der Waals surface area contributed by atoms with Crippen molar-refractivity contribution in [1.82, 2.24) is 10.2 Å². The lowest BCUT2D eigenvalue weighted by Crippen LogP contribution is -2.41. The molecule has 118 valence electrons. The maximum Gasteiger partial charge on any atom is 0.257 e. The zero-order chi connectivity index (χ0) is 15.8. The van der Waals surface area contributed by atoms with E-state index in [1.54, 1.807) is 11.0 Å². The van der Waals surface area contributed by atoms with Gasteiger partial charge in [0.25, 0.3) is 5.91 Å². The maximum atomic E-state index is 12.4. The third-order valence-electron chi connectivity index (χ3n) is 3.75. The van der Waals surface area contributed by atoms with Gasteiger partial charge in [-0.15, -0.1) is 0 Å². The van der Waals surface area contributed by atoms with E-state index < -0.39 is 0 Å². The second kappa shape index (κ2) is 8.49. The number of nitrogens with one attached hydrogen (secondary N) is 1. The summed E-state index contributed by atoms with van der Waals surface area (Å²) < 4.78 is 4.97. The molecule has 0 saturated carbocycles. The summed E-state index contributed by atoms with van der Waals surface area (Å²) in [7, 11) is 0. The third kappa shape index (κ3) is 5.25. The van der Waals surface area contributed by atoms with Gasteiger partial charge in [0.15, 0.2) is 0 Å². The molecule has 2 atom stereocenters. The molecular formula is C16H26N2O3. The Morgan fingerprint density at radius 1 is 1.29 bits per heavy atom. The Labute approximate surface area is 126 Å². The van der Waals surface area contributed by atoms with Crippen LogP contribution in [0.2, 0.25) is 0 Å². The standard InChI is InChI=1S/C16H26N2O3/c1-5-12(3)17-15(19)7-9-18(13(4)6-2)16(20)14-8-10-21-11-14/h8,10-13H,5-7,9H2,1-4H3,(H,17,19). The molecule has 0 aliphatic heterocycles. The summed E-state index contributed by atoms with van der Waals surface area (Å²) in [6, 6.07) is 1.90. The Morgan fingerprint density at radius 2 is 2.00 bits per heavy atom. The Morgan fingerprint density at radius 3 is 2.52 bits per heavy atom. The number of nitrogens with zero attached hydrogens (tertiary/aromatic N) is 1. The van der Waals surface area contributed by atoms with Crippen LogP contribution in [0, 0.1) is 0 Å². The van der Waals surface area contributed by atoms with Gasteiger partial charge in [0.2, 0.25) is 5.91 Å². The average molecular weight is 294 g/mol. The van der Waals surface area contributed by atoms with Crippen molar-refractivity contribution < 1.29 is 14.0 Å². The maximum absolute atomic E-state index is 12.4. The molecule has 2 unspecified atom stereocenters. The predicted octanol–water partition coefficient (Wildman–Crippen LogP) is 2.83. The highest BCUT2D eigenvalue weighted by molar-refractivity contribution is 5.94. The summed E-state index contributed by atoms with van der Waals surface area (Å²) in [6.07, 6.45) is 4.98. The van der Waals surface area contributed by atoms with Crippen molar-refractivity contribution in [3.8, 4) is 0 Å². The lowest BCUT2D eigenvalue weighted by atomic mass is 10.1. The van der Waals surface area contributed by atoms with Gasteiger partial charge in [0.1, 0.15) is 6.26 Å². The number of rotatable bonds is 8. The first-order valence-corrected chi connectivity index (χ1v) is 7.62. The zero-order valence-electron chi connectivity index (χ0n) is 13.4. The summed E-state index contributed by atoms with van der Waals surface area (Å²) in [4.78, 5) is 26.0. The molecule has 0 fully saturated rings. The van der Waals surface area contributed by atoms with Crippen LogP contribution in [0.1, 0.15) is 57.3 Å². The van der Waals surface area contributed by atoms with Crippen LogP contribution < -0.4 is 5.32 Å². The molecule has 1 rings (SSSR count).